The first-order valence-electron chi connectivity index (χ1n) is 4.83. The van der Waals surface area contributed by atoms with E-state index in [1.165, 1.54) is 4.90 Å². The van der Waals surface area contributed by atoms with Gasteiger partial charge in [-0.25, -0.2) is 4.79 Å². The molecule has 1 amide bonds. The summed E-state index contributed by atoms with van der Waals surface area (Å²) < 4.78 is 4.87. The van der Waals surface area contributed by atoms with Crippen molar-refractivity contribution in [3.05, 3.63) is 12.3 Å². The maximum Gasteiger partial charge on any atom is 0.414 e. The van der Waals surface area contributed by atoms with Gasteiger partial charge < -0.3 is 9.84 Å². The molecule has 2 atom stereocenters. The fraction of sp³-hybridized carbons (Fsp3) is 0.700. The number of amides is 1. The molecule has 0 aliphatic carbocycles. The molecule has 0 aromatic rings. The second kappa shape index (κ2) is 4.00. The van der Waals surface area contributed by atoms with Gasteiger partial charge in [-0.15, -0.1) is 0 Å². The molecule has 0 aromatic heterocycles. The Morgan fingerprint density at radius 1 is 1.79 bits per heavy atom. The summed E-state index contributed by atoms with van der Waals surface area (Å²) in [4.78, 5) is 12.9. The van der Waals surface area contributed by atoms with Crippen LogP contribution in [0, 0.1) is 0 Å². The van der Waals surface area contributed by atoms with Crippen LogP contribution in [-0.4, -0.2) is 34.3 Å². The van der Waals surface area contributed by atoms with E-state index < -0.39 is 5.60 Å². The van der Waals surface area contributed by atoms with E-state index in [2.05, 4.69) is 0 Å². The van der Waals surface area contributed by atoms with Crippen LogP contribution in [-0.2, 0) is 4.74 Å². The molecule has 14 heavy (non-hydrogen) atoms. The van der Waals surface area contributed by atoms with Crippen LogP contribution in [0.5, 0.6) is 0 Å². The van der Waals surface area contributed by atoms with E-state index in [4.69, 9.17) is 4.74 Å². The van der Waals surface area contributed by atoms with Crippen molar-refractivity contribution < 1.29 is 14.6 Å². The lowest BCUT2D eigenvalue weighted by molar-refractivity contribution is 0.0497. The fourth-order valence-corrected chi connectivity index (χ4v) is 1.59. The highest BCUT2D eigenvalue weighted by atomic mass is 16.6. The summed E-state index contributed by atoms with van der Waals surface area (Å²) in [5, 5.41) is 9.71. The molecule has 2 unspecified atom stereocenters. The number of carbonyl (C=O) groups excluding carboxylic acids is 1. The monoisotopic (exact) mass is 199 g/mol. The Balaban J connectivity index is 2.69. The fourth-order valence-electron chi connectivity index (χ4n) is 1.59. The average Bonchev–Trinajstić information content (AvgIpc) is 2.02. The zero-order valence-electron chi connectivity index (χ0n) is 8.86. The van der Waals surface area contributed by atoms with Gasteiger partial charge in [-0.3, -0.25) is 4.90 Å². The third-order valence-corrected chi connectivity index (χ3v) is 2.26. The van der Waals surface area contributed by atoms with Crippen molar-refractivity contribution in [1.29, 1.82) is 0 Å². The van der Waals surface area contributed by atoms with Crippen molar-refractivity contribution in [2.24, 2.45) is 0 Å². The largest absolute Gasteiger partial charge is 0.449 e. The lowest BCUT2D eigenvalue weighted by atomic mass is 9.94. The van der Waals surface area contributed by atoms with Gasteiger partial charge in [0, 0.05) is 18.7 Å². The molecule has 0 radical (unpaired) electrons. The quantitative estimate of drug-likeness (QED) is 0.696. The van der Waals surface area contributed by atoms with Crippen LogP contribution < -0.4 is 0 Å². The standard InChI is InChI=1S/C10H17NO3/c1-4-14-9(12)11-6-5-10(3,13)7-8(11)2/h5-6,8,13H,4,7H2,1-3H3. The summed E-state index contributed by atoms with van der Waals surface area (Å²) in [6, 6.07) is -0.0333. The molecule has 1 aliphatic heterocycles. The Morgan fingerprint density at radius 2 is 2.43 bits per heavy atom. The predicted octanol–water partition coefficient (Wildman–Crippen LogP) is 1.50. The van der Waals surface area contributed by atoms with Gasteiger partial charge in [-0.2, -0.15) is 0 Å². The summed E-state index contributed by atoms with van der Waals surface area (Å²) in [6.07, 6.45) is 3.38. The van der Waals surface area contributed by atoms with E-state index in [9.17, 15) is 9.90 Å². The zero-order chi connectivity index (χ0) is 10.8. The van der Waals surface area contributed by atoms with Crippen LogP contribution in [0.25, 0.3) is 0 Å². The molecule has 4 heteroatoms. The Kier molecular flexibility index (Phi) is 3.16. The van der Waals surface area contributed by atoms with Crippen molar-refractivity contribution >= 4 is 6.09 Å². The van der Waals surface area contributed by atoms with Crippen molar-refractivity contribution in [3.63, 3.8) is 0 Å². The number of nitrogens with zero attached hydrogens (tertiary/aromatic N) is 1. The topological polar surface area (TPSA) is 49.8 Å². The van der Waals surface area contributed by atoms with Crippen molar-refractivity contribution in [2.45, 2.75) is 38.8 Å². The smallest absolute Gasteiger partial charge is 0.414 e. The third-order valence-electron chi connectivity index (χ3n) is 2.26. The first-order valence-corrected chi connectivity index (χ1v) is 4.83. The molecular weight excluding hydrogens is 182 g/mol. The van der Waals surface area contributed by atoms with Gasteiger partial charge in [0.1, 0.15) is 0 Å². The number of rotatable bonds is 1. The molecule has 1 N–H and O–H groups in total. The first kappa shape index (κ1) is 11.0. The Hall–Kier alpha value is -1.03. The highest BCUT2D eigenvalue weighted by molar-refractivity contribution is 5.69. The number of hydrogen-bond acceptors (Lipinski definition) is 3. The summed E-state index contributed by atoms with van der Waals surface area (Å²) in [7, 11) is 0. The van der Waals surface area contributed by atoms with E-state index in [0.717, 1.165) is 0 Å². The average molecular weight is 199 g/mol. The third kappa shape index (κ3) is 2.48. The first-order chi connectivity index (χ1) is 6.46. The molecule has 1 heterocycles. The highest BCUT2D eigenvalue weighted by Gasteiger charge is 2.31. The van der Waals surface area contributed by atoms with Gasteiger partial charge in [0.15, 0.2) is 0 Å². The molecule has 0 saturated heterocycles. The maximum absolute atomic E-state index is 11.4. The summed E-state index contributed by atoms with van der Waals surface area (Å²) in [6.45, 7) is 5.75. The van der Waals surface area contributed by atoms with Crippen LogP contribution in [0.15, 0.2) is 12.3 Å². The minimum Gasteiger partial charge on any atom is -0.449 e. The van der Waals surface area contributed by atoms with Crippen molar-refractivity contribution in [2.75, 3.05) is 6.61 Å². The van der Waals surface area contributed by atoms with Crippen LogP contribution in [0.4, 0.5) is 4.79 Å². The van der Waals surface area contributed by atoms with E-state index >= 15 is 0 Å². The van der Waals surface area contributed by atoms with E-state index in [0.29, 0.717) is 13.0 Å². The molecule has 4 nitrogen and oxygen atoms in total. The molecule has 0 saturated carbocycles. The summed E-state index contributed by atoms with van der Waals surface area (Å²) >= 11 is 0. The molecule has 1 aliphatic rings. The van der Waals surface area contributed by atoms with Crippen LogP contribution in [0.2, 0.25) is 0 Å². The predicted molar refractivity (Wildman–Crippen MR) is 52.7 cm³/mol. The van der Waals surface area contributed by atoms with E-state index in [1.807, 2.05) is 6.92 Å². The summed E-state index contributed by atoms with van der Waals surface area (Å²) in [5.41, 5.74) is -0.817. The van der Waals surface area contributed by atoms with Gasteiger partial charge >= 0.3 is 6.09 Å². The Labute approximate surface area is 84.2 Å². The van der Waals surface area contributed by atoms with Gasteiger partial charge in [0.2, 0.25) is 0 Å². The second-order valence-corrected chi connectivity index (χ2v) is 3.83. The lowest BCUT2D eigenvalue weighted by Gasteiger charge is -2.34. The number of aliphatic hydroxyl groups is 1. The van der Waals surface area contributed by atoms with Gasteiger partial charge in [0.25, 0.3) is 0 Å². The van der Waals surface area contributed by atoms with E-state index in [-0.39, 0.29) is 12.1 Å². The van der Waals surface area contributed by atoms with Crippen molar-refractivity contribution in [3.8, 4) is 0 Å². The lowest BCUT2D eigenvalue weighted by Crippen LogP contribution is -2.43. The van der Waals surface area contributed by atoms with Gasteiger partial charge in [0.05, 0.1) is 12.2 Å². The SMILES string of the molecule is CCOC(=O)N1C=CC(C)(O)CC1C. The Morgan fingerprint density at radius 3 is 2.93 bits per heavy atom. The number of hydrogen-bond donors (Lipinski definition) is 1. The number of carbonyl (C=O) groups is 1. The molecule has 0 bridgehead atoms. The molecule has 0 spiro atoms. The molecule has 0 aromatic carbocycles. The molecule has 0 fully saturated rings. The van der Waals surface area contributed by atoms with Crippen LogP contribution >= 0.6 is 0 Å². The minimum atomic E-state index is -0.817. The summed E-state index contributed by atoms with van der Waals surface area (Å²) in [5.74, 6) is 0. The van der Waals surface area contributed by atoms with Gasteiger partial charge in [-0.05, 0) is 26.8 Å². The van der Waals surface area contributed by atoms with Crippen molar-refractivity contribution in [1.82, 2.24) is 4.90 Å². The maximum atomic E-state index is 11.4. The van der Waals surface area contributed by atoms with E-state index in [1.54, 1.807) is 26.1 Å². The normalized spacial score (nSPS) is 31.7. The number of ether oxygens (including phenoxy) is 1. The van der Waals surface area contributed by atoms with Crippen LogP contribution in [0.1, 0.15) is 27.2 Å². The molecular formula is C10H17NO3. The van der Waals surface area contributed by atoms with Gasteiger partial charge in [-0.1, -0.05) is 0 Å². The molecule has 1 rings (SSSR count). The second-order valence-electron chi connectivity index (χ2n) is 3.83. The zero-order valence-corrected chi connectivity index (χ0v) is 8.86. The van der Waals surface area contributed by atoms with Crippen LogP contribution in [0.3, 0.4) is 0 Å². The minimum absolute atomic E-state index is 0.0333. The Bertz CT molecular complexity index is 248. The molecule has 80 valence electrons. The highest BCUT2D eigenvalue weighted by Crippen LogP contribution is 2.23.